The molecule has 0 radical (unpaired) electrons. The smallest absolute Gasteiger partial charge is 0.481 e. The third-order valence-corrected chi connectivity index (χ3v) is 3.34. The number of methoxy groups -OCH3 is 1. The fourth-order valence-electron chi connectivity index (χ4n) is 1.58. The number of hydrogen-bond donors (Lipinski definition) is 0. The van der Waals surface area contributed by atoms with Crippen LogP contribution in [-0.4, -0.2) is 30.3 Å². The van der Waals surface area contributed by atoms with Crippen molar-refractivity contribution in [1.82, 2.24) is 4.98 Å². The van der Waals surface area contributed by atoms with Crippen LogP contribution < -0.4 is 10.3 Å². The van der Waals surface area contributed by atoms with E-state index in [0.717, 1.165) is 0 Å². The summed E-state index contributed by atoms with van der Waals surface area (Å²) in [5, 5.41) is 0. The molecular formula is C12H18BNO3. The predicted octanol–water partition coefficient (Wildman–Crippen LogP) is 1.39. The second-order valence-electron chi connectivity index (χ2n) is 5.09. The zero-order valence-corrected chi connectivity index (χ0v) is 10.5. The monoisotopic (exact) mass is 239 g/mol. The summed E-state index contributed by atoms with van der Waals surface area (Å²) in [5.74, 6) is 0.0252. The Kier molecular flexibility index (Phi) is 2.10. The average Bonchev–Trinajstić information content (AvgIpc) is 2.46. The number of ether oxygens (including phenoxy) is 1. The maximum Gasteiger partial charge on any atom is 0.514 e. The average molecular weight is 239 g/mol. The van der Waals surface area contributed by atoms with E-state index in [-0.39, 0.29) is 5.88 Å². The standard InChI is InChI=1S/C12H18BNO3/c1-11(2)12(3,4)17-13(16-11)9-7-6-8-10(14-9)15-5/h6-8H,1-5H3/i5+1D3. The Morgan fingerprint density at radius 2 is 1.88 bits per heavy atom. The molecule has 1 saturated heterocycles. The lowest BCUT2D eigenvalue weighted by Gasteiger charge is -2.32. The van der Waals surface area contributed by atoms with Gasteiger partial charge in [0.2, 0.25) is 5.88 Å². The van der Waals surface area contributed by atoms with Crippen molar-refractivity contribution in [3.63, 3.8) is 0 Å². The van der Waals surface area contributed by atoms with Gasteiger partial charge in [0.25, 0.3) is 0 Å². The number of pyridine rings is 1. The van der Waals surface area contributed by atoms with Crippen molar-refractivity contribution in [1.29, 1.82) is 0 Å². The number of rotatable bonds is 2. The van der Waals surface area contributed by atoms with Crippen molar-refractivity contribution in [2.75, 3.05) is 7.04 Å². The van der Waals surface area contributed by atoms with Gasteiger partial charge in [-0.1, -0.05) is 6.07 Å². The minimum absolute atomic E-state index is 0.0252. The van der Waals surface area contributed by atoms with Crippen molar-refractivity contribution in [3.05, 3.63) is 18.2 Å². The minimum atomic E-state index is -2.53. The molecule has 0 unspecified atom stereocenters. The zero-order chi connectivity index (χ0) is 15.2. The number of nitrogens with zero attached hydrogens (tertiary/aromatic N) is 1. The summed E-state index contributed by atoms with van der Waals surface area (Å²) >= 11 is 0. The van der Waals surface area contributed by atoms with E-state index in [1.807, 2.05) is 27.7 Å². The summed E-state index contributed by atoms with van der Waals surface area (Å²) in [7, 11) is -3.16. The van der Waals surface area contributed by atoms with E-state index < -0.39 is 25.4 Å². The molecule has 1 aromatic rings. The van der Waals surface area contributed by atoms with Crippen molar-refractivity contribution in [2.45, 2.75) is 38.9 Å². The quantitative estimate of drug-likeness (QED) is 0.577. The number of hydrogen-bond acceptors (Lipinski definition) is 4. The topological polar surface area (TPSA) is 40.6 Å². The Balaban J connectivity index is 2.21. The van der Waals surface area contributed by atoms with Gasteiger partial charge in [-0.15, -0.1) is 0 Å². The Bertz CT molecular complexity index is 489. The van der Waals surface area contributed by atoms with E-state index in [2.05, 4.69) is 4.98 Å². The molecule has 1 aliphatic heterocycles. The fourth-order valence-corrected chi connectivity index (χ4v) is 1.58. The van der Waals surface area contributed by atoms with Crippen LogP contribution in [-0.2, 0) is 9.31 Å². The highest BCUT2D eigenvalue weighted by molar-refractivity contribution is 6.61. The molecule has 0 spiro atoms. The van der Waals surface area contributed by atoms with Gasteiger partial charge in [0.05, 0.1) is 27.9 Å². The minimum Gasteiger partial charge on any atom is -0.481 e. The third kappa shape index (κ3) is 2.17. The maximum absolute atomic E-state index is 7.08. The van der Waals surface area contributed by atoms with Crippen molar-refractivity contribution < 1.29 is 18.2 Å². The van der Waals surface area contributed by atoms with Gasteiger partial charge >= 0.3 is 7.12 Å². The lowest BCUT2D eigenvalue weighted by atomic mass is 9.84. The molecule has 0 aliphatic carbocycles. The van der Waals surface area contributed by atoms with E-state index >= 15 is 0 Å². The Morgan fingerprint density at radius 3 is 2.47 bits per heavy atom. The summed E-state index contributed by atoms with van der Waals surface area (Å²) in [4.78, 5) is 4.14. The predicted molar refractivity (Wildman–Crippen MR) is 66.5 cm³/mol. The van der Waals surface area contributed by atoms with Crippen LogP contribution in [0.2, 0.25) is 0 Å². The van der Waals surface area contributed by atoms with Gasteiger partial charge < -0.3 is 14.0 Å². The molecule has 2 rings (SSSR count). The molecular weight excluding hydrogens is 218 g/mol. The van der Waals surface area contributed by atoms with Crippen molar-refractivity contribution in [3.8, 4) is 5.88 Å². The highest BCUT2D eigenvalue weighted by Gasteiger charge is 2.52. The normalized spacial score (nSPS) is 24.9. The summed E-state index contributed by atoms with van der Waals surface area (Å²) in [6, 6.07) is 4.87. The van der Waals surface area contributed by atoms with Crippen LogP contribution in [0, 0.1) is 0 Å². The molecule has 1 fully saturated rings. The highest BCUT2D eigenvalue weighted by atomic mass is 16.7. The first-order chi connectivity index (χ1) is 9.00. The van der Waals surface area contributed by atoms with Gasteiger partial charge in [-0.3, -0.25) is 0 Å². The Hall–Kier alpha value is -1.07. The lowest BCUT2D eigenvalue weighted by Crippen LogP contribution is -2.41. The maximum atomic E-state index is 7.08. The third-order valence-electron chi connectivity index (χ3n) is 3.34. The van der Waals surface area contributed by atoms with E-state index in [1.165, 1.54) is 6.07 Å². The molecule has 4 nitrogen and oxygen atoms in total. The van der Waals surface area contributed by atoms with Crippen LogP contribution in [0.1, 0.15) is 31.8 Å². The summed E-state index contributed by atoms with van der Waals surface area (Å²) in [6.45, 7) is 7.76. The summed E-state index contributed by atoms with van der Waals surface area (Å²) in [6.07, 6.45) is 0. The van der Waals surface area contributed by atoms with Gasteiger partial charge in [-0.05, 0) is 33.8 Å². The first-order valence-electron chi connectivity index (χ1n) is 7.02. The Labute approximate surface area is 107 Å². The van der Waals surface area contributed by atoms with Gasteiger partial charge in [-0.2, -0.15) is 0 Å². The molecule has 0 amide bonds. The molecule has 92 valence electrons. The molecule has 2 heterocycles. The van der Waals surface area contributed by atoms with Crippen LogP contribution in [0.3, 0.4) is 0 Å². The van der Waals surface area contributed by atoms with Crippen LogP contribution in [0.15, 0.2) is 18.2 Å². The zero-order valence-electron chi connectivity index (χ0n) is 13.5. The van der Waals surface area contributed by atoms with Gasteiger partial charge in [0, 0.05) is 6.07 Å². The molecule has 1 aromatic heterocycles. The summed E-state index contributed by atoms with van der Waals surface area (Å²) in [5.41, 5.74) is -0.453. The van der Waals surface area contributed by atoms with Crippen LogP contribution in [0.5, 0.6) is 5.88 Å². The van der Waals surface area contributed by atoms with Crippen LogP contribution in [0.4, 0.5) is 0 Å². The van der Waals surface area contributed by atoms with E-state index in [1.54, 1.807) is 12.1 Å². The second-order valence-corrected chi connectivity index (χ2v) is 5.09. The SMILES string of the molecule is [2H][13C]([2H])([2H])Oc1cccc(B2OC(C)(C)C(C)(C)O2)n1. The molecule has 1 aliphatic rings. The number of aromatic nitrogens is 1. The summed E-state index contributed by atoms with van der Waals surface area (Å²) < 4.78 is 37.7. The molecule has 5 heteroatoms. The molecule has 0 bridgehead atoms. The van der Waals surface area contributed by atoms with Crippen LogP contribution in [0.25, 0.3) is 0 Å². The van der Waals surface area contributed by atoms with Gasteiger partial charge in [0.15, 0.2) is 0 Å². The Morgan fingerprint density at radius 1 is 1.24 bits per heavy atom. The molecule has 0 atom stereocenters. The second kappa shape index (κ2) is 4.00. The molecule has 0 N–H and O–H groups in total. The first-order valence-corrected chi connectivity index (χ1v) is 5.52. The van der Waals surface area contributed by atoms with E-state index in [4.69, 9.17) is 18.2 Å². The van der Waals surface area contributed by atoms with E-state index in [9.17, 15) is 0 Å². The molecule has 17 heavy (non-hydrogen) atoms. The van der Waals surface area contributed by atoms with Gasteiger partial charge in [-0.25, -0.2) is 4.98 Å². The van der Waals surface area contributed by atoms with Crippen molar-refractivity contribution in [2.24, 2.45) is 0 Å². The first kappa shape index (κ1) is 8.94. The highest BCUT2D eigenvalue weighted by Crippen LogP contribution is 2.36. The molecule has 0 saturated carbocycles. The van der Waals surface area contributed by atoms with Crippen molar-refractivity contribution >= 4 is 12.7 Å². The van der Waals surface area contributed by atoms with E-state index in [0.29, 0.717) is 5.59 Å². The van der Waals surface area contributed by atoms with Crippen LogP contribution >= 0.6 is 0 Å². The van der Waals surface area contributed by atoms with Gasteiger partial charge in [0.1, 0.15) is 0 Å². The lowest BCUT2D eigenvalue weighted by molar-refractivity contribution is 0.00578. The largest absolute Gasteiger partial charge is 0.514 e. The fraction of sp³-hybridized carbons (Fsp3) is 0.583. The molecule has 0 aromatic carbocycles.